The second kappa shape index (κ2) is 4.74. The lowest BCUT2D eigenvalue weighted by molar-refractivity contribution is -0.105. The number of anilines is 1. The van der Waals surface area contributed by atoms with Gasteiger partial charge in [0, 0.05) is 18.9 Å². The third-order valence-corrected chi connectivity index (χ3v) is 2.48. The molecule has 0 spiro atoms. The van der Waals surface area contributed by atoms with Crippen molar-refractivity contribution >= 4 is 12.1 Å². The molecule has 88 valence electrons. The van der Waals surface area contributed by atoms with Crippen LogP contribution in [0.2, 0.25) is 0 Å². The summed E-state index contributed by atoms with van der Waals surface area (Å²) in [6.07, 6.45) is 3.36. The molecule has 17 heavy (non-hydrogen) atoms. The average Bonchev–Trinajstić information content (AvgIpc) is 2.32. The van der Waals surface area contributed by atoms with E-state index in [1.165, 1.54) is 6.07 Å². The molecule has 1 aromatic carbocycles. The number of rotatable bonds is 3. The van der Waals surface area contributed by atoms with Crippen LogP contribution < -0.4 is 5.32 Å². The number of halogens is 1. The highest BCUT2D eigenvalue weighted by atomic mass is 19.1. The molecule has 0 fully saturated rings. The minimum absolute atomic E-state index is 0. The Labute approximate surface area is 99.8 Å². The van der Waals surface area contributed by atoms with E-state index in [-0.39, 0.29) is 7.24 Å². The minimum Gasteiger partial charge on any atom is -0.329 e. The van der Waals surface area contributed by atoms with E-state index in [1.807, 2.05) is 13.0 Å². The fraction of sp³-hybridized carbons (Fsp3) is 0.0769. The highest BCUT2D eigenvalue weighted by Gasteiger charge is 2.04. The number of pyridine rings is 1. The molecule has 2 aromatic rings. The predicted molar refractivity (Wildman–Crippen MR) is 66.2 cm³/mol. The van der Waals surface area contributed by atoms with Gasteiger partial charge in [-0.25, -0.2) is 4.39 Å². The second-order valence-corrected chi connectivity index (χ2v) is 3.68. The number of nitrogens with zero attached hydrogens (tertiary/aromatic N) is 1. The molecule has 0 aliphatic carbocycles. The van der Waals surface area contributed by atoms with E-state index in [0.29, 0.717) is 17.7 Å². The Bertz CT molecular complexity index is 560. The van der Waals surface area contributed by atoms with Crippen LogP contribution >= 0.6 is 0 Å². The van der Waals surface area contributed by atoms with Crippen molar-refractivity contribution in [2.75, 3.05) is 5.32 Å². The van der Waals surface area contributed by atoms with Crippen LogP contribution in [0.5, 0.6) is 0 Å². The van der Waals surface area contributed by atoms with Gasteiger partial charge in [0.1, 0.15) is 5.82 Å². The fourth-order valence-electron chi connectivity index (χ4n) is 1.65. The highest BCUT2D eigenvalue weighted by Crippen LogP contribution is 2.26. The van der Waals surface area contributed by atoms with E-state index < -0.39 is 0 Å². The molecule has 0 saturated carbocycles. The molecule has 0 aliphatic heterocycles. The van der Waals surface area contributed by atoms with E-state index in [0.717, 1.165) is 17.3 Å². The second-order valence-electron chi connectivity index (χ2n) is 3.68. The minimum atomic E-state index is -0.379. The molecule has 1 heterocycles. The molecular formula is C13H13FN2O. The molecule has 0 unspecified atom stereocenters. The normalized spacial score (nSPS) is 10.0. The van der Waals surface area contributed by atoms with Gasteiger partial charge in [-0.2, -0.15) is 0 Å². The maximum absolute atomic E-state index is 13.1. The maximum Gasteiger partial charge on any atom is 0.211 e. The van der Waals surface area contributed by atoms with Gasteiger partial charge in [0.2, 0.25) is 6.41 Å². The SMILES string of the molecule is Cc1ccc(NC=O)cc1-c1cncc(F)c1.[HH]. The number of amides is 1. The van der Waals surface area contributed by atoms with Crippen molar-refractivity contribution in [2.45, 2.75) is 6.92 Å². The molecule has 0 radical (unpaired) electrons. The van der Waals surface area contributed by atoms with E-state index in [1.54, 1.807) is 18.3 Å². The van der Waals surface area contributed by atoms with Crippen LogP contribution in [0.25, 0.3) is 11.1 Å². The number of hydrogen-bond donors (Lipinski definition) is 1. The van der Waals surface area contributed by atoms with Crippen molar-refractivity contribution in [2.24, 2.45) is 0 Å². The Hall–Kier alpha value is -2.23. The number of carbonyl (C=O) groups excluding carboxylic acids is 1. The summed E-state index contributed by atoms with van der Waals surface area (Å²) in [7, 11) is 0. The Morgan fingerprint density at radius 2 is 2.18 bits per heavy atom. The van der Waals surface area contributed by atoms with Gasteiger partial charge in [0.25, 0.3) is 0 Å². The van der Waals surface area contributed by atoms with E-state index in [4.69, 9.17) is 0 Å². The van der Waals surface area contributed by atoms with Crippen LogP contribution in [-0.4, -0.2) is 11.4 Å². The zero-order chi connectivity index (χ0) is 12.3. The maximum atomic E-state index is 13.1. The smallest absolute Gasteiger partial charge is 0.211 e. The Morgan fingerprint density at radius 3 is 2.88 bits per heavy atom. The molecule has 1 aromatic heterocycles. The van der Waals surface area contributed by atoms with Crippen LogP contribution in [-0.2, 0) is 4.79 Å². The van der Waals surface area contributed by atoms with Gasteiger partial charge in [-0.15, -0.1) is 0 Å². The van der Waals surface area contributed by atoms with Crippen molar-refractivity contribution in [3.05, 3.63) is 48.0 Å². The van der Waals surface area contributed by atoms with Gasteiger partial charge in [0.15, 0.2) is 0 Å². The number of hydrogen-bond acceptors (Lipinski definition) is 2. The van der Waals surface area contributed by atoms with E-state index in [2.05, 4.69) is 10.3 Å². The van der Waals surface area contributed by atoms with Gasteiger partial charge in [-0.05, 0) is 36.2 Å². The molecular weight excluding hydrogens is 219 g/mol. The van der Waals surface area contributed by atoms with Crippen molar-refractivity contribution in [1.29, 1.82) is 0 Å². The summed E-state index contributed by atoms with van der Waals surface area (Å²) < 4.78 is 13.1. The lowest BCUT2D eigenvalue weighted by Crippen LogP contribution is -1.95. The van der Waals surface area contributed by atoms with Gasteiger partial charge >= 0.3 is 0 Å². The third kappa shape index (κ3) is 2.47. The summed E-state index contributed by atoms with van der Waals surface area (Å²) in [5, 5.41) is 2.56. The zero-order valence-corrected chi connectivity index (χ0v) is 9.27. The Morgan fingerprint density at radius 1 is 1.35 bits per heavy atom. The van der Waals surface area contributed by atoms with Crippen LogP contribution in [0, 0.1) is 12.7 Å². The molecule has 1 N–H and O–H groups in total. The molecule has 4 heteroatoms. The third-order valence-electron chi connectivity index (χ3n) is 2.48. The number of benzene rings is 1. The number of carbonyl (C=O) groups is 1. The first kappa shape index (κ1) is 11.3. The van der Waals surface area contributed by atoms with Gasteiger partial charge in [-0.1, -0.05) is 6.07 Å². The standard InChI is InChI=1S/C13H11FN2O.H2/c1-9-2-3-12(16-8-17)5-13(9)10-4-11(14)7-15-6-10;/h2-8H,1H3,(H,16,17);1H. The average molecular weight is 232 g/mol. The van der Waals surface area contributed by atoms with Crippen LogP contribution in [0.4, 0.5) is 10.1 Å². The summed E-state index contributed by atoms with van der Waals surface area (Å²) in [4.78, 5) is 14.2. The zero-order valence-electron chi connectivity index (χ0n) is 9.27. The van der Waals surface area contributed by atoms with Crippen molar-refractivity contribution in [1.82, 2.24) is 4.98 Å². The number of aromatic nitrogens is 1. The predicted octanol–water partition coefficient (Wildman–Crippen LogP) is 3.01. The van der Waals surface area contributed by atoms with Crippen LogP contribution in [0.3, 0.4) is 0 Å². The summed E-state index contributed by atoms with van der Waals surface area (Å²) >= 11 is 0. The molecule has 0 saturated heterocycles. The molecule has 0 bridgehead atoms. The lowest BCUT2D eigenvalue weighted by Gasteiger charge is -2.08. The summed E-state index contributed by atoms with van der Waals surface area (Å²) in [6.45, 7) is 1.92. The number of nitrogens with one attached hydrogen (secondary N) is 1. The molecule has 2 rings (SSSR count). The highest BCUT2D eigenvalue weighted by molar-refractivity contribution is 5.77. The van der Waals surface area contributed by atoms with Gasteiger partial charge in [-0.3, -0.25) is 9.78 Å². The van der Waals surface area contributed by atoms with Crippen LogP contribution in [0.15, 0.2) is 36.7 Å². The van der Waals surface area contributed by atoms with Crippen molar-refractivity contribution in [3.8, 4) is 11.1 Å². The first-order chi connectivity index (χ1) is 8.20. The monoisotopic (exact) mass is 232 g/mol. The summed E-state index contributed by atoms with van der Waals surface area (Å²) in [5.74, 6) is -0.379. The topological polar surface area (TPSA) is 42.0 Å². The van der Waals surface area contributed by atoms with E-state index in [9.17, 15) is 9.18 Å². The molecule has 1 amide bonds. The van der Waals surface area contributed by atoms with E-state index >= 15 is 0 Å². The van der Waals surface area contributed by atoms with Crippen LogP contribution in [0.1, 0.15) is 6.99 Å². The summed E-state index contributed by atoms with van der Waals surface area (Å²) in [5.41, 5.74) is 3.21. The molecule has 3 nitrogen and oxygen atoms in total. The van der Waals surface area contributed by atoms with Crippen molar-refractivity contribution in [3.63, 3.8) is 0 Å². The van der Waals surface area contributed by atoms with Gasteiger partial charge in [0.05, 0.1) is 6.20 Å². The van der Waals surface area contributed by atoms with Gasteiger partial charge < -0.3 is 5.32 Å². The first-order valence-electron chi connectivity index (χ1n) is 5.12. The Balaban J connectivity index is 0.00000162. The largest absolute Gasteiger partial charge is 0.329 e. The lowest BCUT2D eigenvalue weighted by atomic mass is 10.0. The molecule has 0 aliphatic rings. The number of aryl methyl sites for hydroxylation is 1. The summed E-state index contributed by atoms with van der Waals surface area (Å²) in [6, 6.07) is 6.87. The Kier molecular flexibility index (Phi) is 3.14. The fourth-order valence-corrected chi connectivity index (χ4v) is 1.65. The quantitative estimate of drug-likeness (QED) is 0.826. The first-order valence-corrected chi connectivity index (χ1v) is 5.12. The van der Waals surface area contributed by atoms with Crippen molar-refractivity contribution < 1.29 is 10.6 Å². The molecule has 0 atom stereocenters.